The van der Waals surface area contributed by atoms with E-state index in [2.05, 4.69) is 14.8 Å². The van der Waals surface area contributed by atoms with Gasteiger partial charge in [0.1, 0.15) is 5.75 Å². The number of sulfonamides is 1. The van der Waals surface area contributed by atoms with Crippen LogP contribution < -0.4 is 14.8 Å². The number of unbranched alkanes of at least 4 members (excludes halogenated alkanes) is 1. The van der Waals surface area contributed by atoms with Gasteiger partial charge in [-0.05, 0) is 56.7 Å². The van der Waals surface area contributed by atoms with E-state index in [1.165, 1.54) is 13.5 Å². The van der Waals surface area contributed by atoms with Crippen molar-refractivity contribution in [3.8, 4) is 5.75 Å². The summed E-state index contributed by atoms with van der Waals surface area (Å²) >= 11 is 0. The third-order valence-corrected chi connectivity index (χ3v) is 5.26. The summed E-state index contributed by atoms with van der Waals surface area (Å²) in [6, 6.07) is 4.93. The number of esters is 1. The molecule has 0 saturated heterocycles. The predicted molar refractivity (Wildman–Crippen MR) is 112 cm³/mol. The minimum atomic E-state index is -3.50. The van der Waals surface area contributed by atoms with Crippen LogP contribution in [0.3, 0.4) is 0 Å². The number of hydrogen-bond acceptors (Lipinski definition) is 6. The van der Waals surface area contributed by atoms with E-state index in [1.807, 2.05) is 0 Å². The van der Waals surface area contributed by atoms with Crippen LogP contribution >= 0.6 is 0 Å². The Hall–Kier alpha value is -2.29. The number of ether oxygens (including phenoxy) is 2. The van der Waals surface area contributed by atoms with Gasteiger partial charge in [0.15, 0.2) is 0 Å². The quantitative estimate of drug-likeness (QED) is 0.438. The molecule has 2 N–H and O–H groups in total. The van der Waals surface area contributed by atoms with Crippen molar-refractivity contribution >= 4 is 33.3 Å². The van der Waals surface area contributed by atoms with Gasteiger partial charge < -0.3 is 14.8 Å². The largest absolute Gasteiger partial charge is 0.488 e. The first-order valence-electron chi connectivity index (χ1n) is 9.92. The predicted octanol–water partition coefficient (Wildman–Crippen LogP) is 3.44. The molecular formula is C20H30N2O6S. The summed E-state index contributed by atoms with van der Waals surface area (Å²) in [7, 11) is -2.17. The second kappa shape index (κ2) is 11.0. The number of amides is 1. The number of anilines is 2. The van der Waals surface area contributed by atoms with Crippen molar-refractivity contribution in [1.29, 1.82) is 0 Å². The summed E-state index contributed by atoms with van der Waals surface area (Å²) in [6.45, 7) is 0. The molecule has 1 aromatic carbocycles. The zero-order valence-electron chi connectivity index (χ0n) is 17.0. The van der Waals surface area contributed by atoms with E-state index in [0.717, 1.165) is 31.9 Å². The number of benzene rings is 1. The van der Waals surface area contributed by atoms with Crippen molar-refractivity contribution in [3.63, 3.8) is 0 Å². The van der Waals surface area contributed by atoms with Crippen molar-refractivity contribution < 1.29 is 27.5 Å². The Balaban J connectivity index is 1.99. The average Bonchev–Trinajstić information content (AvgIpc) is 2.66. The van der Waals surface area contributed by atoms with E-state index in [4.69, 9.17) is 4.74 Å². The number of carbonyl (C=O) groups is 2. The highest BCUT2D eigenvalue weighted by Gasteiger charge is 2.18. The van der Waals surface area contributed by atoms with Crippen molar-refractivity contribution in [2.24, 2.45) is 0 Å². The second-order valence-corrected chi connectivity index (χ2v) is 9.04. The third kappa shape index (κ3) is 8.72. The topological polar surface area (TPSA) is 111 Å². The van der Waals surface area contributed by atoms with Crippen molar-refractivity contribution in [2.45, 2.75) is 63.9 Å². The zero-order valence-corrected chi connectivity index (χ0v) is 17.8. The maximum Gasteiger partial charge on any atom is 0.305 e. The molecule has 1 fully saturated rings. The maximum absolute atomic E-state index is 12.1. The molecule has 1 aliphatic rings. The van der Waals surface area contributed by atoms with Gasteiger partial charge in [-0.2, -0.15) is 0 Å². The molecule has 2 rings (SSSR count). The molecule has 1 aromatic rings. The lowest BCUT2D eigenvalue weighted by Crippen LogP contribution is -2.21. The van der Waals surface area contributed by atoms with Crippen molar-refractivity contribution in [1.82, 2.24) is 0 Å². The highest BCUT2D eigenvalue weighted by atomic mass is 32.2. The molecule has 1 aliphatic carbocycles. The zero-order chi connectivity index (χ0) is 21.3. The van der Waals surface area contributed by atoms with Crippen molar-refractivity contribution in [3.05, 3.63) is 18.2 Å². The SMILES string of the molecule is COC(=O)CCCCC(=O)Nc1ccc(OC2CCCCC2)c(NS(C)(=O)=O)c1. The summed E-state index contributed by atoms with van der Waals surface area (Å²) in [6.07, 6.45) is 8.08. The molecule has 0 bridgehead atoms. The van der Waals surface area contributed by atoms with Crippen LogP contribution in [0.15, 0.2) is 18.2 Å². The smallest absolute Gasteiger partial charge is 0.305 e. The van der Waals surface area contributed by atoms with Crippen LogP contribution in [0.4, 0.5) is 11.4 Å². The first kappa shape index (κ1) is 23.0. The molecular weight excluding hydrogens is 396 g/mol. The van der Waals surface area contributed by atoms with Crippen LogP contribution in [-0.4, -0.2) is 39.8 Å². The molecule has 1 saturated carbocycles. The van der Waals surface area contributed by atoms with E-state index in [-0.39, 0.29) is 30.8 Å². The molecule has 162 valence electrons. The molecule has 0 spiro atoms. The molecule has 0 aliphatic heterocycles. The second-order valence-electron chi connectivity index (χ2n) is 7.29. The first-order chi connectivity index (χ1) is 13.8. The van der Waals surface area contributed by atoms with Crippen LogP contribution in [0.2, 0.25) is 0 Å². The van der Waals surface area contributed by atoms with E-state index in [9.17, 15) is 18.0 Å². The normalized spacial score (nSPS) is 14.8. The highest BCUT2D eigenvalue weighted by molar-refractivity contribution is 7.92. The lowest BCUT2D eigenvalue weighted by molar-refractivity contribution is -0.140. The Kier molecular flexibility index (Phi) is 8.75. The molecule has 29 heavy (non-hydrogen) atoms. The summed E-state index contributed by atoms with van der Waals surface area (Å²) in [4.78, 5) is 23.2. The number of methoxy groups -OCH3 is 1. The van der Waals surface area contributed by atoms with Gasteiger partial charge >= 0.3 is 5.97 Å². The molecule has 0 unspecified atom stereocenters. The van der Waals surface area contributed by atoms with Gasteiger partial charge in [0, 0.05) is 18.5 Å². The van der Waals surface area contributed by atoms with Gasteiger partial charge in [0.2, 0.25) is 15.9 Å². The van der Waals surface area contributed by atoms with Gasteiger partial charge in [-0.15, -0.1) is 0 Å². The van der Waals surface area contributed by atoms with Gasteiger partial charge in [-0.3, -0.25) is 14.3 Å². The fourth-order valence-corrected chi connectivity index (χ4v) is 3.79. The van der Waals surface area contributed by atoms with Crippen LogP contribution in [-0.2, 0) is 24.3 Å². The number of carbonyl (C=O) groups excluding carboxylic acids is 2. The minimum absolute atomic E-state index is 0.0686. The Morgan fingerprint density at radius 2 is 1.79 bits per heavy atom. The molecule has 0 heterocycles. The molecule has 8 nitrogen and oxygen atoms in total. The molecule has 0 aromatic heterocycles. The van der Waals surface area contributed by atoms with Gasteiger partial charge in [-0.1, -0.05) is 6.42 Å². The Labute approximate surface area is 172 Å². The lowest BCUT2D eigenvalue weighted by Gasteiger charge is -2.24. The summed E-state index contributed by atoms with van der Waals surface area (Å²) < 4.78 is 36.5. The van der Waals surface area contributed by atoms with Crippen LogP contribution in [0, 0.1) is 0 Å². The first-order valence-corrected chi connectivity index (χ1v) is 11.8. The summed E-state index contributed by atoms with van der Waals surface area (Å²) in [5.41, 5.74) is 0.784. The molecule has 0 atom stereocenters. The van der Waals surface area contributed by atoms with Gasteiger partial charge in [-0.25, -0.2) is 8.42 Å². The fourth-order valence-electron chi connectivity index (χ4n) is 3.23. The third-order valence-electron chi connectivity index (χ3n) is 4.67. The van der Waals surface area contributed by atoms with E-state index < -0.39 is 10.0 Å². The van der Waals surface area contributed by atoms with Crippen LogP contribution in [0.5, 0.6) is 5.75 Å². The fraction of sp³-hybridized carbons (Fsp3) is 0.600. The standard InChI is InChI=1S/C20H30N2O6S/c1-27-20(24)11-7-6-10-19(23)21-15-12-13-18(17(14-15)22-29(2,25)26)28-16-8-4-3-5-9-16/h12-14,16,22H,3-11H2,1-2H3,(H,21,23). The molecule has 1 amide bonds. The highest BCUT2D eigenvalue weighted by Crippen LogP contribution is 2.32. The minimum Gasteiger partial charge on any atom is -0.488 e. The van der Waals surface area contributed by atoms with E-state index in [0.29, 0.717) is 30.0 Å². The number of hydrogen-bond donors (Lipinski definition) is 2. The lowest BCUT2D eigenvalue weighted by atomic mass is 9.98. The van der Waals surface area contributed by atoms with E-state index in [1.54, 1.807) is 18.2 Å². The Bertz CT molecular complexity index is 803. The van der Waals surface area contributed by atoms with Crippen molar-refractivity contribution in [2.75, 3.05) is 23.4 Å². The monoisotopic (exact) mass is 426 g/mol. The average molecular weight is 427 g/mol. The van der Waals surface area contributed by atoms with Crippen LogP contribution in [0.1, 0.15) is 57.8 Å². The Morgan fingerprint density at radius 3 is 2.45 bits per heavy atom. The van der Waals surface area contributed by atoms with Gasteiger partial charge in [0.25, 0.3) is 0 Å². The number of nitrogens with one attached hydrogen (secondary N) is 2. The Morgan fingerprint density at radius 1 is 1.10 bits per heavy atom. The summed E-state index contributed by atoms with van der Waals surface area (Å²) in [5, 5.41) is 2.76. The number of rotatable bonds is 10. The van der Waals surface area contributed by atoms with Gasteiger partial charge in [0.05, 0.1) is 25.2 Å². The molecule has 9 heteroatoms. The van der Waals surface area contributed by atoms with Crippen LogP contribution in [0.25, 0.3) is 0 Å². The summed E-state index contributed by atoms with van der Waals surface area (Å²) in [5.74, 6) is -0.0463. The maximum atomic E-state index is 12.1. The molecule has 0 radical (unpaired) electrons. The van der Waals surface area contributed by atoms with E-state index >= 15 is 0 Å².